The molecule has 0 spiro atoms. The van der Waals surface area contributed by atoms with Crippen LogP contribution in [0.3, 0.4) is 0 Å². The topological polar surface area (TPSA) is 92.7 Å². The lowest BCUT2D eigenvalue weighted by atomic mass is 10.1. The number of carbonyl (C=O) groups is 1. The van der Waals surface area contributed by atoms with Gasteiger partial charge in [-0.05, 0) is 36.2 Å². The van der Waals surface area contributed by atoms with E-state index in [9.17, 15) is 4.79 Å². The van der Waals surface area contributed by atoms with Crippen molar-refractivity contribution in [2.75, 3.05) is 10.6 Å². The summed E-state index contributed by atoms with van der Waals surface area (Å²) in [6.07, 6.45) is 5.99. The van der Waals surface area contributed by atoms with Crippen LogP contribution in [0.1, 0.15) is 35.3 Å². The Morgan fingerprint density at radius 2 is 2.08 bits per heavy atom. The van der Waals surface area contributed by atoms with Crippen LogP contribution < -0.4 is 10.6 Å². The van der Waals surface area contributed by atoms with E-state index in [1.165, 1.54) is 17.5 Å². The molecule has 0 fully saturated rings. The molecule has 122 valence electrons. The van der Waals surface area contributed by atoms with Crippen LogP contribution >= 0.6 is 11.3 Å². The monoisotopic (exact) mass is 340 g/mol. The molecule has 8 heteroatoms. The second-order valence-corrected chi connectivity index (χ2v) is 5.85. The van der Waals surface area contributed by atoms with Crippen molar-refractivity contribution in [3.63, 3.8) is 0 Å². The smallest absolute Gasteiger partial charge is 0.259 e. The van der Waals surface area contributed by atoms with E-state index in [0.29, 0.717) is 16.5 Å². The van der Waals surface area contributed by atoms with E-state index in [1.807, 2.05) is 12.1 Å². The zero-order valence-electron chi connectivity index (χ0n) is 13.0. The van der Waals surface area contributed by atoms with Crippen LogP contribution in [0.25, 0.3) is 0 Å². The van der Waals surface area contributed by atoms with E-state index in [1.54, 1.807) is 30.0 Å². The van der Waals surface area contributed by atoms with Gasteiger partial charge in [-0.1, -0.05) is 18.3 Å². The van der Waals surface area contributed by atoms with Gasteiger partial charge in [0.05, 0.1) is 11.6 Å². The van der Waals surface area contributed by atoms with Gasteiger partial charge in [-0.3, -0.25) is 15.1 Å². The Morgan fingerprint density at radius 3 is 2.71 bits per heavy atom. The van der Waals surface area contributed by atoms with Crippen LogP contribution in [0.4, 0.5) is 10.9 Å². The summed E-state index contributed by atoms with van der Waals surface area (Å²) in [6.45, 7) is 2.10. The molecule has 0 aromatic carbocycles. The minimum Gasteiger partial charge on any atom is -0.363 e. The van der Waals surface area contributed by atoms with Crippen molar-refractivity contribution in [2.45, 2.75) is 19.4 Å². The number of carbonyl (C=O) groups excluding carboxylic acids is 1. The highest BCUT2D eigenvalue weighted by molar-refractivity contribution is 7.13. The lowest BCUT2D eigenvalue weighted by molar-refractivity contribution is 0.102. The minimum atomic E-state index is -0.257. The summed E-state index contributed by atoms with van der Waals surface area (Å²) < 4.78 is 0. The van der Waals surface area contributed by atoms with E-state index in [-0.39, 0.29) is 11.9 Å². The molecule has 0 bridgehead atoms. The van der Waals surface area contributed by atoms with Gasteiger partial charge in [-0.15, -0.1) is 10.2 Å². The summed E-state index contributed by atoms with van der Waals surface area (Å²) >= 11 is 1.27. The highest BCUT2D eigenvalue weighted by Gasteiger charge is 2.11. The summed E-state index contributed by atoms with van der Waals surface area (Å²) in [6, 6.07) is 7.61. The molecule has 0 aliphatic carbocycles. The molecule has 2 N–H and O–H groups in total. The molecule has 0 saturated carbocycles. The molecule has 0 aliphatic rings. The van der Waals surface area contributed by atoms with E-state index in [4.69, 9.17) is 0 Å². The third kappa shape index (κ3) is 3.90. The molecule has 0 aliphatic heterocycles. The van der Waals surface area contributed by atoms with Crippen LogP contribution in [0, 0.1) is 0 Å². The van der Waals surface area contributed by atoms with Gasteiger partial charge in [0, 0.05) is 18.6 Å². The highest BCUT2D eigenvalue weighted by atomic mass is 32.1. The van der Waals surface area contributed by atoms with Crippen molar-refractivity contribution in [1.29, 1.82) is 0 Å². The molecule has 0 saturated heterocycles. The van der Waals surface area contributed by atoms with Crippen molar-refractivity contribution in [1.82, 2.24) is 20.2 Å². The quantitative estimate of drug-likeness (QED) is 0.716. The van der Waals surface area contributed by atoms with Crippen LogP contribution in [-0.2, 0) is 0 Å². The minimum absolute atomic E-state index is 0.140. The van der Waals surface area contributed by atoms with Gasteiger partial charge in [-0.2, -0.15) is 0 Å². The molecular formula is C16H16N6OS. The number of aromatic nitrogens is 4. The Kier molecular flexibility index (Phi) is 5.07. The Morgan fingerprint density at radius 1 is 1.25 bits per heavy atom. The fraction of sp³-hybridized carbons (Fsp3) is 0.188. The van der Waals surface area contributed by atoms with E-state index in [2.05, 4.69) is 37.7 Å². The molecular weight excluding hydrogens is 324 g/mol. The van der Waals surface area contributed by atoms with Crippen molar-refractivity contribution < 1.29 is 4.79 Å². The summed E-state index contributed by atoms with van der Waals surface area (Å²) in [4.78, 5) is 20.4. The number of hydrogen-bond acceptors (Lipinski definition) is 7. The van der Waals surface area contributed by atoms with Crippen LogP contribution in [0.5, 0.6) is 0 Å². The number of rotatable bonds is 6. The third-order valence-corrected chi connectivity index (χ3v) is 4.05. The zero-order valence-corrected chi connectivity index (χ0v) is 13.8. The highest BCUT2D eigenvalue weighted by Crippen LogP contribution is 2.21. The standard InChI is InChI=1S/C16H16N6OS/c1-2-13(11-5-7-17-8-6-11)20-14-4-3-12(9-18-14)15(23)21-16-22-19-10-24-16/h3-10,13H,2H2,1H3,(H,18,20)(H,21,22,23). The van der Waals surface area contributed by atoms with Gasteiger partial charge < -0.3 is 5.32 Å². The van der Waals surface area contributed by atoms with Gasteiger partial charge in [0.1, 0.15) is 11.3 Å². The second-order valence-electron chi connectivity index (χ2n) is 5.02. The first-order chi connectivity index (χ1) is 11.8. The molecule has 3 aromatic rings. The Hall–Kier alpha value is -2.87. The normalized spacial score (nSPS) is 11.7. The lowest BCUT2D eigenvalue weighted by Gasteiger charge is -2.17. The number of pyridine rings is 2. The molecule has 7 nitrogen and oxygen atoms in total. The van der Waals surface area contributed by atoms with Crippen LogP contribution in [0.15, 0.2) is 48.4 Å². The summed E-state index contributed by atoms with van der Waals surface area (Å²) in [5.41, 5.74) is 3.17. The lowest BCUT2D eigenvalue weighted by Crippen LogP contribution is -2.14. The Bertz CT molecular complexity index is 776. The second kappa shape index (κ2) is 7.60. The maximum Gasteiger partial charge on any atom is 0.259 e. The summed E-state index contributed by atoms with van der Waals surface area (Å²) in [5.74, 6) is 0.457. The van der Waals surface area contributed by atoms with Gasteiger partial charge >= 0.3 is 0 Å². The predicted octanol–water partition coefficient (Wildman–Crippen LogP) is 3.14. The fourth-order valence-corrected chi connectivity index (χ4v) is 2.65. The molecule has 1 atom stereocenters. The SMILES string of the molecule is CCC(Nc1ccc(C(=O)Nc2nncs2)cn1)c1ccncc1. The van der Waals surface area contributed by atoms with E-state index >= 15 is 0 Å². The van der Waals surface area contributed by atoms with Crippen LogP contribution in [-0.4, -0.2) is 26.1 Å². The first-order valence-electron chi connectivity index (χ1n) is 7.46. The Labute approximate surface area is 143 Å². The van der Waals surface area contributed by atoms with Crippen molar-refractivity contribution in [3.8, 4) is 0 Å². The molecule has 1 unspecified atom stereocenters. The fourth-order valence-electron chi connectivity index (χ4n) is 2.21. The average Bonchev–Trinajstić information content (AvgIpc) is 3.14. The average molecular weight is 340 g/mol. The molecule has 1 amide bonds. The molecule has 0 radical (unpaired) electrons. The van der Waals surface area contributed by atoms with E-state index < -0.39 is 0 Å². The van der Waals surface area contributed by atoms with E-state index in [0.717, 1.165) is 12.0 Å². The molecule has 3 heterocycles. The van der Waals surface area contributed by atoms with Gasteiger partial charge in [0.2, 0.25) is 5.13 Å². The van der Waals surface area contributed by atoms with Gasteiger partial charge in [-0.25, -0.2) is 4.98 Å². The first kappa shape index (κ1) is 16.0. The number of nitrogens with zero attached hydrogens (tertiary/aromatic N) is 4. The number of anilines is 2. The summed E-state index contributed by atoms with van der Waals surface area (Å²) in [7, 11) is 0. The third-order valence-electron chi connectivity index (χ3n) is 3.45. The Balaban J connectivity index is 1.66. The largest absolute Gasteiger partial charge is 0.363 e. The maximum atomic E-state index is 12.1. The maximum absolute atomic E-state index is 12.1. The molecule has 3 aromatic heterocycles. The van der Waals surface area contributed by atoms with Gasteiger partial charge in [0.15, 0.2) is 0 Å². The molecule has 3 rings (SSSR count). The van der Waals surface area contributed by atoms with Crippen LogP contribution in [0.2, 0.25) is 0 Å². The number of amides is 1. The van der Waals surface area contributed by atoms with Crippen molar-refractivity contribution in [3.05, 3.63) is 59.5 Å². The molecule has 24 heavy (non-hydrogen) atoms. The number of hydrogen-bond donors (Lipinski definition) is 2. The van der Waals surface area contributed by atoms with Gasteiger partial charge in [0.25, 0.3) is 5.91 Å². The van der Waals surface area contributed by atoms with Crippen molar-refractivity contribution >= 4 is 28.2 Å². The zero-order chi connectivity index (χ0) is 16.8. The number of nitrogens with one attached hydrogen (secondary N) is 2. The van der Waals surface area contributed by atoms with Crippen molar-refractivity contribution in [2.24, 2.45) is 0 Å². The summed E-state index contributed by atoms with van der Waals surface area (Å²) in [5, 5.41) is 14.0. The first-order valence-corrected chi connectivity index (χ1v) is 8.34. The predicted molar refractivity (Wildman–Crippen MR) is 93.0 cm³/mol.